The van der Waals surface area contributed by atoms with Crippen molar-refractivity contribution in [1.82, 2.24) is 8.61 Å². The molecule has 5 heteroatoms. The van der Waals surface area contributed by atoms with Gasteiger partial charge in [-0.25, -0.2) is 0 Å². The number of rotatable bonds is 3. The molecule has 0 bridgehead atoms. The van der Waals surface area contributed by atoms with Crippen molar-refractivity contribution in [2.75, 3.05) is 19.6 Å². The summed E-state index contributed by atoms with van der Waals surface area (Å²) < 4.78 is 29.2. The first-order chi connectivity index (χ1) is 8.95. The van der Waals surface area contributed by atoms with E-state index in [0.717, 1.165) is 32.1 Å². The fourth-order valence-corrected chi connectivity index (χ4v) is 5.80. The summed E-state index contributed by atoms with van der Waals surface area (Å²) in [5.41, 5.74) is 0. The van der Waals surface area contributed by atoms with E-state index >= 15 is 0 Å². The third-order valence-electron chi connectivity index (χ3n) is 4.50. The number of hydrogen-bond donors (Lipinski definition) is 0. The highest BCUT2D eigenvalue weighted by Gasteiger charge is 2.38. The van der Waals surface area contributed by atoms with Crippen molar-refractivity contribution in [3.8, 4) is 0 Å². The maximum absolute atomic E-state index is 12.9. The fourth-order valence-electron chi connectivity index (χ4n) is 3.63. The Bertz CT molecular complexity index is 386. The lowest BCUT2D eigenvalue weighted by molar-refractivity contribution is 0.184. The summed E-state index contributed by atoms with van der Waals surface area (Å²) in [7, 11) is -3.25. The van der Waals surface area contributed by atoms with Gasteiger partial charge in [-0.3, -0.25) is 0 Å². The van der Waals surface area contributed by atoms with Gasteiger partial charge in [-0.15, -0.1) is 0 Å². The van der Waals surface area contributed by atoms with Crippen LogP contribution in [-0.4, -0.2) is 42.7 Å². The molecule has 19 heavy (non-hydrogen) atoms. The van der Waals surface area contributed by atoms with Gasteiger partial charge < -0.3 is 0 Å². The van der Waals surface area contributed by atoms with Crippen molar-refractivity contribution >= 4 is 10.2 Å². The molecular formula is C14H28N2O2S. The fraction of sp³-hybridized carbons (Fsp3) is 1.00. The second-order valence-corrected chi connectivity index (χ2v) is 8.32. The van der Waals surface area contributed by atoms with Crippen LogP contribution >= 0.6 is 0 Å². The lowest BCUT2D eigenvalue weighted by Crippen LogP contribution is -2.53. The normalized spacial score (nSPS) is 35.4. The lowest BCUT2D eigenvalue weighted by atomic mass is 9.94. The molecule has 0 N–H and O–H groups in total. The van der Waals surface area contributed by atoms with Crippen LogP contribution in [0.3, 0.4) is 0 Å². The van der Waals surface area contributed by atoms with E-state index < -0.39 is 10.2 Å². The molecule has 0 aromatic heterocycles. The smallest absolute Gasteiger partial charge is 0.195 e. The van der Waals surface area contributed by atoms with E-state index in [0.29, 0.717) is 31.5 Å². The van der Waals surface area contributed by atoms with E-state index in [4.69, 9.17) is 0 Å². The van der Waals surface area contributed by atoms with Gasteiger partial charge in [0.1, 0.15) is 0 Å². The molecule has 0 aromatic rings. The molecule has 0 spiro atoms. The highest BCUT2D eigenvalue weighted by molar-refractivity contribution is 7.86. The molecule has 0 amide bonds. The number of hydrogen-bond acceptors (Lipinski definition) is 2. The van der Waals surface area contributed by atoms with Crippen LogP contribution < -0.4 is 0 Å². The molecule has 2 aliphatic heterocycles. The van der Waals surface area contributed by atoms with Crippen LogP contribution in [0, 0.1) is 11.8 Å². The third-order valence-corrected chi connectivity index (χ3v) is 6.53. The van der Waals surface area contributed by atoms with E-state index in [2.05, 4.69) is 20.8 Å². The first kappa shape index (κ1) is 15.3. The predicted molar refractivity (Wildman–Crippen MR) is 78.1 cm³/mol. The topological polar surface area (TPSA) is 40.6 Å². The monoisotopic (exact) mass is 288 g/mol. The molecule has 2 saturated heterocycles. The maximum Gasteiger partial charge on any atom is 0.282 e. The van der Waals surface area contributed by atoms with E-state index in [1.54, 1.807) is 8.61 Å². The summed E-state index contributed by atoms with van der Waals surface area (Å²) in [4.78, 5) is 0. The van der Waals surface area contributed by atoms with E-state index in [1.807, 2.05) is 0 Å². The molecular weight excluding hydrogens is 260 g/mol. The molecule has 0 aromatic carbocycles. The minimum atomic E-state index is -3.25. The molecule has 2 heterocycles. The largest absolute Gasteiger partial charge is 0.282 e. The molecule has 0 radical (unpaired) electrons. The van der Waals surface area contributed by atoms with E-state index in [1.165, 1.54) is 0 Å². The summed E-state index contributed by atoms with van der Waals surface area (Å²) in [5, 5.41) is 0. The molecule has 2 rings (SSSR count). The Kier molecular flexibility index (Phi) is 4.90. The van der Waals surface area contributed by atoms with Crippen LogP contribution in [0.15, 0.2) is 0 Å². The van der Waals surface area contributed by atoms with Crippen LogP contribution in [0.5, 0.6) is 0 Å². The Morgan fingerprint density at radius 3 is 2.32 bits per heavy atom. The Morgan fingerprint density at radius 1 is 1.11 bits per heavy atom. The molecule has 112 valence electrons. The molecule has 3 unspecified atom stereocenters. The zero-order valence-electron chi connectivity index (χ0n) is 12.5. The van der Waals surface area contributed by atoms with Gasteiger partial charge >= 0.3 is 0 Å². The minimum absolute atomic E-state index is 0.214. The summed E-state index contributed by atoms with van der Waals surface area (Å²) in [6.45, 7) is 8.51. The van der Waals surface area contributed by atoms with Crippen LogP contribution in [-0.2, 0) is 10.2 Å². The van der Waals surface area contributed by atoms with Crippen molar-refractivity contribution in [3.63, 3.8) is 0 Å². The third kappa shape index (κ3) is 3.31. The zero-order chi connectivity index (χ0) is 14.0. The zero-order valence-corrected chi connectivity index (χ0v) is 13.3. The quantitative estimate of drug-likeness (QED) is 0.800. The van der Waals surface area contributed by atoms with Crippen molar-refractivity contribution in [1.29, 1.82) is 0 Å². The minimum Gasteiger partial charge on any atom is -0.195 e. The molecule has 3 atom stereocenters. The van der Waals surface area contributed by atoms with Gasteiger partial charge in [-0.05, 0) is 37.5 Å². The highest BCUT2D eigenvalue weighted by atomic mass is 32.2. The van der Waals surface area contributed by atoms with Gasteiger partial charge in [0, 0.05) is 25.7 Å². The first-order valence-electron chi connectivity index (χ1n) is 7.72. The molecule has 0 saturated carbocycles. The summed E-state index contributed by atoms with van der Waals surface area (Å²) in [5.74, 6) is 0.951. The van der Waals surface area contributed by atoms with Gasteiger partial charge in [-0.2, -0.15) is 17.0 Å². The van der Waals surface area contributed by atoms with E-state index in [-0.39, 0.29) is 6.04 Å². The Hall–Kier alpha value is -0.130. The Morgan fingerprint density at radius 2 is 1.74 bits per heavy atom. The SMILES string of the molecule is CCC1CCCCN1S(=O)(=O)N1CC(C)CC(C)C1. The highest BCUT2D eigenvalue weighted by Crippen LogP contribution is 2.29. The average molecular weight is 288 g/mol. The summed E-state index contributed by atoms with van der Waals surface area (Å²) >= 11 is 0. The second kappa shape index (κ2) is 6.10. The van der Waals surface area contributed by atoms with Crippen LogP contribution in [0.25, 0.3) is 0 Å². The standard InChI is InChI=1S/C14H28N2O2S/c1-4-14-7-5-6-8-16(14)19(17,18)15-10-12(2)9-13(3)11-15/h12-14H,4-11H2,1-3H3. The number of nitrogens with zero attached hydrogens (tertiary/aromatic N) is 2. The molecule has 2 fully saturated rings. The lowest BCUT2D eigenvalue weighted by Gasteiger charge is -2.41. The Balaban J connectivity index is 2.16. The van der Waals surface area contributed by atoms with Crippen molar-refractivity contribution in [3.05, 3.63) is 0 Å². The molecule has 4 nitrogen and oxygen atoms in total. The second-order valence-electron chi connectivity index (χ2n) is 6.44. The van der Waals surface area contributed by atoms with Crippen molar-refractivity contribution in [2.24, 2.45) is 11.8 Å². The van der Waals surface area contributed by atoms with Gasteiger partial charge in [0.05, 0.1) is 0 Å². The number of piperidine rings is 2. The van der Waals surface area contributed by atoms with Crippen LogP contribution in [0.2, 0.25) is 0 Å². The Labute approximate surface area is 118 Å². The van der Waals surface area contributed by atoms with Crippen LogP contribution in [0.1, 0.15) is 52.9 Å². The summed E-state index contributed by atoms with van der Waals surface area (Å²) in [6, 6.07) is 0.214. The van der Waals surface area contributed by atoms with E-state index in [9.17, 15) is 8.42 Å². The first-order valence-corrected chi connectivity index (χ1v) is 9.11. The van der Waals surface area contributed by atoms with Gasteiger partial charge in [0.15, 0.2) is 0 Å². The van der Waals surface area contributed by atoms with Gasteiger partial charge in [-0.1, -0.05) is 27.2 Å². The van der Waals surface area contributed by atoms with Crippen molar-refractivity contribution in [2.45, 2.75) is 58.9 Å². The van der Waals surface area contributed by atoms with Gasteiger partial charge in [0.25, 0.3) is 10.2 Å². The van der Waals surface area contributed by atoms with Crippen molar-refractivity contribution < 1.29 is 8.42 Å². The summed E-state index contributed by atoms with van der Waals surface area (Å²) in [6.07, 6.45) is 5.27. The maximum atomic E-state index is 12.9. The molecule has 0 aliphatic carbocycles. The van der Waals surface area contributed by atoms with Crippen LogP contribution in [0.4, 0.5) is 0 Å². The predicted octanol–water partition coefficient (Wildman–Crippen LogP) is 2.47. The molecule has 2 aliphatic rings. The van der Waals surface area contributed by atoms with Gasteiger partial charge in [0.2, 0.25) is 0 Å². The average Bonchev–Trinajstić information content (AvgIpc) is 2.37.